The number of aromatic hydroxyl groups is 1. The number of rotatable bonds is 5. The van der Waals surface area contributed by atoms with Crippen molar-refractivity contribution in [1.29, 1.82) is 0 Å². The zero-order valence-electron chi connectivity index (χ0n) is 12.6. The molecule has 2 N–H and O–H groups in total. The Bertz CT molecular complexity index is 932. The molecule has 0 fully saturated rings. The lowest BCUT2D eigenvalue weighted by Crippen LogP contribution is -1.96. The molecule has 0 unspecified atom stereocenters. The molecule has 3 rings (SSSR count). The molecule has 1 aromatic carbocycles. The summed E-state index contributed by atoms with van der Waals surface area (Å²) in [5.74, 6) is 0.844. The SMILES string of the molecule is CCOc1cc(/C=N\n2c(-c3cccs3)n[nH]c2=S)cc(Cl)c1O. The molecule has 0 aliphatic rings. The average molecular weight is 381 g/mol. The van der Waals surface area contributed by atoms with Gasteiger partial charge in [0.25, 0.3) is 0 Å². The van der Waals surface area contributed by atoms with Crippen molar-refractivity contribution in [3.05, 3.63) is 45.0 Å². The summed E-state index contributed by atoms with van der Waals surface area (Å²) in [4.78, 5) is 0.943. The van der Waals surface area contributed by atoms with Gasteiger partial charge in [0, 0.05) is 0 Å². The van der Waals surface area contributed by atoms with E-state index in [0.717, 1.165) is 4.88 Å². The van der Waals surface area contributed by atoms with Crippen LogP contribution in [0.1, 0.15) is 12.5 Å². The second kappa shape index (κ2) is 7.16. The van der Waals surface area contributed by atoms with Crippen molar-refractivity contribution in [2.24, 2.45) is 5.10 Å². The first-order valence-electron chi connectivity index (χ1n) is 7.01. The van der Waals surface area contributed by atoms with Crippen molar-refractivity contribution in [1.82, 2.24) is 14.9 Å². The van der Waals surface area contributed by atoms with Gasteiger partial charge >= 0.3 is 0 Å². The van der Waals surface area contributed by atoms with E-state index in [1.54, 1.807) is 29.7 Å². The molecule has 0 radical (unpaired) electrons. The van der Waals surface area contributed by atoms with Crippen molar-refractivity contribution in [3.63, 3.8) is 0 Å². The van der Waals surface area contributed by atoms with Crippen LogP contribution in [0.25, 0.3) is 10.7 Å². The molecular weight excluding hydrogens is 368 g/mol. The second-order valence-corrected chi connectivity index (χ2v) is 6.41. The summed E-state index contributed by atoms with van der Waals surface area (Å²) in [6.45, 7) is 2.24. The first-order chi connectivity index (χ1) is 11.6. The Morgan fingerprint density at radius 1 is 1.54 bits per heavy atom. The van der Waals surface area contributed by atoms with Gasteiger partial charge < -0.3 is 9.84 Å². The van der Waals surface area contributed by atoms with Gasteiger partial charge in [0.2, 0.25) is 4.77 Å². The number of ether oxygens (including phenoxy) is 1. The van der Waals surface area contributed by atoms with Gasteiger partial charge in [0.05, 0.1) is 22.7 Å². The van der Waals surface area contributed by atoms with Gasteiger partial charge in [-0.3, -0.25) is 0 Å². The lowest BCUT2D eigenvalue weighted by atomic mass is 10.2. The van der Waals surface area contributed by atoms with Gasteiger partial charge in [-0.25, -0.2) is 5.10 Å². The first kappa shape index (κ1) is 16.7. The first-order valence-corrected chi connectivity index (χ1v) is 8.67. The molecule has 24 heavy (non-hydrogen) atoms. The fourth-order valence-electron chi connectivity index (χ4n) is 2.02. The van der Waals surface area contributed by atoms with E-state index in [2.05, 4.69) is 15.3 Å². The van der Waals surface area contributed by atoms with Gasteiger partial charge in [0.1, 0.15) is 0 Å². The molecule has 2 aromatic heterocycles. The predicted molar refractivity (Wildman–Crippen MR) is 98.0 cm³/mol. The molecule has 9 heteroatoms. The van der Waals surface area contributed by atoms with Crippen LogP contribution >= 0.6 is 35.2 Å². The van der Waals surface area contributed by atoms with Crippen molar-refractivity contribution in [2.75, 3.05) is 6.61 Å². The Morgan fingerprint density at radius 2 is 2.38 bits per heavy atom. The molecule has 0 aliphatic heterocycles. The smallest absolute Gasteiger partial charge is 0.216 e. The molecule has 6 nitrogen and oxygen atoms in total. The minimum atomic E-state index is -0.0881. The molecular formula is C15H13ClN4O2S2. The lowest BCUT2D eigenvalue weighted by Gasteiger charge is -2.08. The molecule has 0 saturated carbocycles. The second-order valence-electron chi connectivity index (χ2n) is 4.67. The fraction of sp³-hybridized carbons (Fsp3) is 0.133. The molecule has 2 heterocycles. The quantitative estimate of drug-likeness (QED) is 0.511. The third kappa shape index (κ3) is 3.35. The van der Waals surface area contributed by atoms with E-state index in [-0.39, 0.29) is 10.8 Å². The third-order valence-corrected chi connectivity index (χ3v) is 4.48. The average Bonchev–Trinajstić information content (AvgIpc) is 3.20. The highest BCUT2D eigenvalue weighted by atomic mass is 35.5. The van der Waals surface area contributed by atoms with E-state index >= 15 is 0 Å². The van der Waals surface area contributed by atoms with E-state index in [9.17, 15) is 5.11 Å². The van der Waals surface area contributed by atoms with E-state index in [1.807, 2.05) is 24.4 Å². The van der Waals surface area contributed by atoms with Crippen LogP contribution in [0, 0.1) is 4.77 Å². The summed E-state index contributed by atoms with van der Waals surface area (Å²) in [6, 6.07) is 7.12. The van der Waals surface area contributed by atoms with Gasteiger partial charge in [0.15, 0.2) is 17.3 Å². The topological polar surface area (TPSA) is 75.4 Å². The molecule has 0 amide bonds. The maximum atomic E-state index is 9.88. The van der Waals surface area contributed by atoms with Crippen molar-refractivity contribution >= 4 is 41.4 Å². The van der Waals surface area contributed by atoms with E-state index in [4.69, 9.17) is 28.6 Å². The van der Waals surface area contributed by atoms with Gasteiger partial charge in [-0.15, -0.1) is 11.3 Å². The van der Waals surface area contributed by atoms with Crippen molar-refractivity contribution < 1.29 is 9.84 Å². The lowest BCUT2D eigenvalue weighted by molar-refractivity contribution is 0.318. The number of thiophene rings is 1. The highest BCUT2D eigenvalue weighted by Crippen LogP contribution is 2.34. The molecule has 124 valence electrons. The number of hydrogen-bond acceptors (Lipinski definition) is 6. The minimum Gasteiger partial charge on any atom is -0.503 e. The summed E-state index contributed by atoms with van der Waals surface area (Å²) < 4.78 is 7.27. The number of phenols is 1. The summed E-state index contributed by atoms with van der Waals surface area (Å²) in [7, 11) is 0. The Balaban J connectivity index is 1.98. The van der Waals surface area contributed by atoms with Crippen LogP contribution < -0.4 is 4.74 Å². The molecule has 0 bridgehead atoms. The molecule has 0 aliphatic carbocycles. The number of nitrogens with one attached hydrogen (secondary N) is 1. The number of aromatic amines is 1. The van der Waals surface area contributed by atoms with Crippen molar-refractivity contribution in [2.45, 2.75) is 6.92 Å². The van der Waals surface area contributed by atoms with Gasteiger partial charge in [-0.1, -0.05) is 17.7 Å². The van der Waals surface area contributed by atoms with E-state index in [0.29, 0.717) is 28.5 Å². The monoisotopic (exact) mass is 380 g/mol. The molecule has 0 spiro atoms. The Labute approximate surface area is 152 Å². The Kier molecular flexibility index (Phi) is 4.98. The molecule has 3 aromatic rings. The standard InChI is InChI=1S/C15H13ClN4O2S2/c1-2-22-11-7-9(6-10(16)13(11)21)8-17-20-14(18-19-15(20)23)12-4-3-5-24-12/h3-8,21H,2H2,1H3,(H,19,23)/b17-8-. The minimum absolute atomic E-state index is 0.0881. The number of hydrogen-bond donors (Lipinski definition) is 2. The number of halogens is 1. The third-order valence-electron chi connectivity index (χ3n) is 3.06. The van der Waals surface area contributed by atoms with Gasteiger partial charge in [-0.05, 0) is 48.3 Å². The van der Waals surface area contributed by atoms with Crippen molar-refractivity contribution in [3.8, 4) is 22.2 Å². The van der Waals surface area contributed by atoms with E-state index < -0.39 is 0 Å². The van der Waals surface area contributed by atoms with Crippen LogP contribution in [0.15, 0.2) is 34.7 Å². The highest BCUT2D eigenvalue weighted by Gasteiger charge is 2.10. The molecule has 0 saturated heterocycles. The summed E-state index contributed by atoms with van der Waals surface area (Å²) in [5.41, 5.74) is 0.668. The summed E-state index contributed by atoms with van der Waals surface area (Å²) >= 11 is 12.8. The van der Waals surface area contributed by atoms with Crippen LogP contribution in [0.2, 0.25) is 5.02 Å². The van der Waals surface area contributed by atoms with Crippen LogP contribution in [-0.4, -0.2) is 32.8 Å². The Hall–Kier alpha value is -2.16. The van der Waals surface area contributed by atoms with Gasteiger partial charge in [-0.2, -0.15) is 14.9 Å². The predicted octanol–water partition coefficient (Wildman–Crippen LogP) is 4.31. The highest BCUT2D eigenvalue weighted by molar-refractivity contribution is 7.71. The Morgan fingerprint density at radius 3 is 3.08 bits per heavy atom. The fourth-order valence-corrected chi connectivity index (χ4v) is 3.12. The van der Waals surface area contributed by atoms with E-state index in [1.165, 1.54) is 4.68 Å². The zero-order valence-corrected chi connectivity index (χ0v) is 15.0. The normalized spacial score (nSPS) is 11.2. The number of phenolic OH excluding ortho intramolecular Hbond substituents is 1. The zero-order chi connectivity index (χ0) is 17.1. The summed E-state index contributed by atoms with van der Waals surface area (Å²) in [5, 5.41) is 23.3. The number of nitrogens with zero attached hydrogens (tertiary/aromatic N) is 3. The maximum Gasteiger partial charge on any atom is 0.216 e. The number of benzene rings is 1. The number of aromatic nitrogens is 3. The van der Waals surface area contributed by atoms with Crippen LogP contribution in [0.3, 0.4) is 0 Å². The van der Waals surface area contributed by atoms with Crippen LogP contribution in [0.5, 0.6) is 11.5 Å². The number of H-pyrrole nitrogens is 1. The molecule has 0 atom stereocenters. The summed E-state index contributed by atoms with van der Waals surface area (Å²) in [6.07, 6.45) is 1.58. The largest absolute Gasteiger partial charge is 0.503 e. The van der Waals surface area contributed by atoms with Crippen LogP contribution in [0.4, 0.5) is 0 Å². The van der Waals surface area contributed by atoms with Crippen LogP contribution in [-0.2, 0) is 0 Å². The maximum absolute atomic E-state index is 9.88.